The Morgan fingerprint density at radius 1 is 1.27 bits per heavy atom. The Labute approximate surface area is 133 Å². The molecule has 6 nitrogen and oxygen atoms in total. The van der Waals surface area contributed by atoms with E-state index in [-0.39, 0.29) is 11.9 Å². The Kier molecular flexibility index (Phi) is 7.53. The van der Waals surface area contributed by atoms with Crippen LogP contribution < -0.4 is 0 Å². The molecule has 2 N–H and O–H groups in total. The second-order valence-corrected chi connectivity index (χ2v) is 7.22. The van der Waals surface area contributed by atoms with Gasteiger partial charge in [-0.15, -0.1) is 0 Å². The number of phosphoric acid groups is 1. The van der Waals surface area contributed by atoms with E-state index < -0.39 is 13.4 Å². The maximum absolute atomic E-state index is 12.5. The van der Waals surface area contributed by atoms with Gasteiger partial charge in [-0.25, -0.2) is 4.57 Å². The summed E-state index contributed by atoms with van der Waals surface area (Å²) >= 11 is 0. The lowest BCUT2D eigenvalue weighted by Gasteiger charge is -2.41. The molecule has 1 saturated heterocycles. The van der Waals surface area contributed by atoms with Crippen molar-refractivity contribution in [2.24, 2.45) is 0 Å². The first kappa shape index (κ1) is 19.6. The van der Waals surface area contributed by atoms with Gasteiger partial charge in [-0.05, 0) is 32.1 Å². The molecule has 0 aromatic carbocycles. The van der Waals surface area contributed by atoms with Crippen molar-refractivity contribution < 1.29 is 23.7 Å². The first-order valence-electron chi connectivity index (χ1n) is 8.35. The smallest absolute Gasteiger partial charge is 0.337 e. The van der Waals surface area contributed by atoms with Gasteiger partial charge in [-0.3, -0.25) is 9.32 Å². The highest BCUT2D eigenvalue weighted by molar-refractivity contribution is 7.46. The van der Waals surface area contributed by atoms with Crippen molar-refractivity contribution in [3.05, 3.63) is 0 Å². The maximum Gasteiger partial charge on any atom is 0.470 e. The molecule has 1 rings (SSSR count). The Morgan fingerprint density at radius 3 is 2.41 bits per heavy atom. The first-order chi connectivity index (χ1) is 10.3. The molecule has 0 aliphatic carbocycles. The highest BCUT2D eigenvalue weighted by atomic mass is 31.2. The van der Waals surface area contributed by atoms with Gasteiger partial charge >= 0.3 is 7.82 Å². The summed E-state index contributed by atoms with van der Waals surface area (Å²) in [5.74, 6) is 0.0801. The van der Waals surface area contributed by atoms with Crippen LogP contribution in [0.15, 0.2) is 0 Å². The summed E-state index contributed by atoms with van der Waals surface area (Å²) in [5.41, 5.74) is -0.962. The summed E-state index contributed by atoms with van der Waals surface area (Å²) in [6.07, 6.45) is 5.99. The van der Waals surface area contributed by atoms with E-state index in [0.717, 1.165) is 32.1 Å². The minimum Gasteiger partial charge on any atom is -0.337 e. The van der Waals surface area contributed by atoms with Gasteiger partial charge in [0.05, 0.1) is 11.6 Å². The topological polar surface area (TPSA) is 87.1 Å². The molecular weight excluding hydrogens is 305 g/mol. The molecule has 1 aliphatic rings. The number of amides is 1. The van der Waals surface area contributed by atoms with Crippen LogP contribution in [-0.2, 0) is 13.9 Å². The van der Waals surface area contributed by atoms with Gasteiger partial charge in [0.1, 0.15) is 0 Å². The van der Waals surface area contributed by atoms with Crippen molar-refractivity contribution in [1.29, 1.82) is 0 Å². The molecule has 1 atom stereocenters. The molecular formula is C15H30NO5P. The van der Waals surface area contributed by atoms with Crippen LogP contribution >= 0.6 is 7.82 Å². The summed E-state index contributed by atoms with van der Waals surface area (Å²) in [6, 6.07) is -0.246. The van der Waals surface area contributed by atoms with Gasteiger partial charge in [-0.1, -0.05) is 33.6 Å². The number of carbonyl (C=O) groups excluding carboxylic acids is 1. The van der Waals surface area contributed by atoms with Crippen LogP contribution in [0.4, 0.5) is 0 Å². The quantitative estimate of drug-likeness (QED) is 0.499. The second kappa shape index (κ2) is 8.44. The van der Waals surface area contributed by atoms with Crippen LogP contribution in [0.5, 0.6) is 0 Å². The molecule has 0 aromatic heterocycles. The molecule has 1 fully saturated rings. The van der Waals surface area contributed by atoms with Gasteiger partial charge in [0.25, 0.3) is 0 Å². The lowest BCUT2D eigenvalue weighted by atomic mass is 9.87. The van der Waals surface area contributed by atoms with Crippen LogP contribution in [0.25, 0.3) is 0 Å². The SMILES string of the molecule is CCCCCC(=O)N1CCC[C@H]1C(CC)(CC)OP(=O)(O)O. The second-order valence-electron chi connectivity index (χ2n) is 6.06. The molecule has 0 saturated carbocycles. The number of unbranched alkanes of at least 4 members (excludes halogenated alkanes) is 2. The van der Waals surface area contributed by atoms with E-state index in [1.807, 2.05) is 13.8 Å². The van der Waals surface area contributed by atoms with Crippen molar-refractivity contribution in [2.75, 3.05) is 6.54 Å². The molecule has 22 heavy (non-hydrogen) atoms. The number of carbonyl (C=O) groups is 1. The third-order valence-corrected chi connectivity index (χ3v) is 5.27. The number of hydrogen-bond acceptors (Lipinski definition) is 3. The van der Waals surface area contributed by atoms with Crippen molar-refractivity contribution in [2.45, 2.75) is 83.8 Å². The number of nitrogens with zero attached hydrogens (tertiary/aromatic N) is 1. The van der Waals surface area contributed by atoms with E-state index >= 15 is 0 Å². The van der Waals surface area contributed by atoms with Crippen molar-refractivity contribution >= 4 is 13.7 Å². The van der Waals surface area contributed by atoms with E-state index in [4.69, 9.17) is 4.52 Å². The molecule has 0 spiro atoms. The van der Waals surface area contributed by atoms with E-state index in [1.54, 1.807) is 4.90 Å². The Bertz CT molecular complexity index is 405. The van der Waals surface area contributed by atoms with Crippen LogP contribution in [0.3, 0.4) is 0 Å². The molecule has 130 valence electrons. The van der Waals surface area contributed by atoms with Gasteiger partial charge in [-0.2, -0.15) is 0 Å². The van der Waals surface area contributed by atoms with Crippen LogP contribution in [0, 0.1) is 0 Å². The Balaban J connectivity index is 2.88. The number of rotatable bonds is 9. The average molecular weight is 335 g/mol. The normalized spacial score (nSPS) is 19.7. The summed E-state index contributed by atoms with van der Waals surface area (Å²) in [7, 11) is -4.59. The van der Waals surface area contributed by atoms with Crippen molar-refractivity contribution in [3.8, 4) is 0 Å². The zero-order chi connectivity index (χ0) is 16.8. The van der Waals surface area contributed by atoms with Gasteiger partial charge < -0.3 is 14.7 Å². The molecule has 1 aliphatic heterocycles. The minimum absolute atomic E-state index is 0.0801. The van der Waals surface area contributed by atoms with Crippen LogP contribution in [0.2, 0.25) is 0 Å². The predicted octanol–water partition coefficient (Wildman–Crippen LogP) is 3.23. The number of phosphoric ester groups is 1. The third kappa shape index (κ3) is 5.05. The number of likely N-dealkylation sites (tertiary alicyclic amines) is 1. The van der Waals surface area contributed by atoms with Crippen molar-refractivity contribution in [3.63, 3.8) is 0 Å². The molecule has 1 amide bonds. The summed E-state index contributed by atoms with van der Waals surface area (Å²) in [6.45, 7) is 6.46. The predicted molar refractivity (Wildman–Crippen MR) is 85.3 cm³/mol. The fourth-order valence-electron chi connectivity index (χ4n) is 3.43. The average Bonchev–Trinajstić information content (AvgIpc) is 2.94. The van der Waals surface area contributed by atoms with E-state index in [1.165, 1.54) is 0 Å². The molecule has 0 radical (unpaired) electrons. The largest absolute Gasteiger partial charge is 0.470 e. The van der Waals surface area contributed by atoms with E-state index in [2.05, 4.69) is 6.92 Å². The fraction of sp³-hybridized carbons (Fsp3) is 0.933. The standard InChI is InChI=1S/C15H30NO5P/c1-4-7-8-11-14(17)16-12-9-10-13(16)15(5-2,6-3)21-22(18,19)20/h13H,4-12H2,1-3H3,(H2,18,19,20)/t13-/m0/s1. The number of hydrogen-bond donors (Lipinski definition) is 2. The zero-order valence-corrected chi connectivity index (χ0v) is 14.8. The Hall–Kier alpha value is -0.420. The van der Waals surface area contributed by atoms with Crippen LogP contribution in [0.1, 0.15) is 72.1 Å². The molecule has 7 heteroatoms. The summed E-state index contributed by atoms with van der Waals surface area (Å²) in [5, 5.41) is 0. The van der Waals surface area contributed by atoms with Crippen molar-refractivity contribution in [1.82, 2.24) is 4.90 Å². The van der Waals surface area contributed by atoms with Gasteiger partial charge in [0.15, 0.2) is 0 Å². The van der Waals surface area contributed by atoms with Crippen LogP contribution in [-0.4, -0.2) is 38.8 Å². The zero-order valence-electron chi connectivity index (χ0n) is 14.0. The molecule has 1 heterocycles. The fourth-order valence-corrected chi connectivity index (χ4v) is 4.28. The molecule has 0 unspecified atom stereocenters. The monoisotopic (exact) mass is 335 g/mol. The summed E-state index contributed by atoms with van der Waals surface area (Å²) < 4.78 is 16.6. The van der Waals surface area contributed by atoms with Gasteiger partial charge in [0, 0.05) is 13.0 Å². The highest BCUT2D eigenvalue weighted by Gasteiger charge is 2.47. The third-order valence-electron chi connectivity index (χ3n) is 4.67. The Morgan fingerprint density at radius 2 is 1.91 bits per heavy atom. The highest BCUT2D eigenvalue weighted by Crippen LogP contribution is 2.48. The first-order valence-corrected chi connectivity index (χ1v) is 9.88. The molecule has 0 aromatic rings. The minimum atomic E-state index is -4.59. The summed E-state index contributed by atoms with van der Waals surface area (Å²) in [4.78, 5) is 32.8. The van der Waals surface area contributed by atoms with Gasteiger partial charge in [0.2, 0.25) is 5.91 Å². The lowest BCUT2D eigenvalue weighted by Crippen LogP contribution is -2.52. The lowest BCUT2D eigenvalue weighted by molar-refractivity contribution is -0.138. The van der Waals surface area contributed by atoms with E-state index in [0.29, 0.717) is 25.8 Å². The molecule has 0 bridgehead atoms. The maximum atomic E-state index is 12.5. The van der Waals surface area contributed by atoms with E-state index in [9.17, 15) is 19.1 Å².